The SMILES string of the molecule is COc1ccc(C(=O)CCC(=O)c2c[nH]cc(-c3csc4c(C)cccc34)c2=O)cc1OC. The highest BCUT2D eigenvalue weighted by molar-refractivity contribution is 7.18. The fraction of sp³-hybridized carbons (Fsp3) is 0.192. The lowest BCUT2D eigenvalue weighted by Crippen LogP contribution is -2.18. The Balaban J connectivity index is 1.56. The molecule has 0 radical (unpaired) electrons. The minimum absolute atomic E-state index is 0.0153. The number of methoxy groups -OCH3 is 2. The number of rotatable bonds is 8. The molecule has 0 saturated heterocycles. The summed E-state index contributed by atoms with van der Waals surface area (Å²) in [4.78, 5) is 41.6. The number of hydrogen-bond donors (Lipinski definition) is 1. The second-order valence-corrected chi connectivity index (χ2v) is 8.51. The van der Waals surface area contributed by atoms with E-state index in [2.05, 4.69) is 4.98 Å². The van der Waals surface area contributed by atoms with Crippen molar-refractivity contribution in [2.45, 2.75) is 19.8 Å². The van der Waals surface area contributed by atoms with Crippen LogP contribution in [0.1, 0.15) is 39.1 Å². The molecule has 0 atom stereocenters. The van der Waals surface area contributed by atoms with E-state index in [1.54, 1.807) is 35.7 Å². The number of carbonyl (C=O) groups excluding carboxylic acids is 2. The number of H-pyrrole nitrogens is 1. The fourth-order valence-corrected chi connectivity index (χ4v) is 4.87. The first-order chi connectivity index (χ1) is 15.9. The second kappa shape index (κ2) is 9.42. The van der Waals surface area contributed by atoms with Gasteiger partial charge in [0.05, 0.1) is 19.8 Å². The summed E-state index contributed by atoms with van der Waals surface area (Å²) in [5.74, 6) is 0.375. The van der Waals surface area contributed by atoms with E-state index >= 15 is 0 Å². The molecule has 1 N–H and O–H groups in total. The summed E-state index contributed by atoms with van der Waals surface area (Å²) in [6.07, 6.45) is 2.95. The second-order valence-electron chi connectivity index (χ2n) is 7.63. The molecule has 0 bridgehead atoms. The summed E-state index contributed by atoms with van der Waals surface area (Å²) in [6.45, 7) is 2.03. The number of Topliss-reactive ketones (excluding diaryl/α,β-unsaturated/α-hetero) is 2. The van der Waals surface area contributed by atoms with Crippen LogP contribution in [-0.2, 0) is 0 Å². The van der Waals surface area contributed by atoms with Gasteiger partial charge in [-0.1, -0.05) is 18.2 Å². The van der Waals surface area contributed by atoms with Crippen molar-refractivity contribution < 1.29 is 19.1 Å². The first-order valence-corrected chi connectivity index (χ1v) is 11.3. The van der Waals surface area contributed by atoms with Crippen LogP contribution in [0.15, 0.2) is 59.0 Å². The predicted octanol–water partition coefficient (Wildman–Crippen LogP) is 5.43. The van der Waals surface area contributed by atoms with E-state index in [4.69, 9.17) is 9.47 Å². The summed E-state index contributed by atoms with van der Waals surface area (Å²) >= 11 is 1.57. The van der Waals surface area contributed by atoms with Crippen molar-refractivity contribution in [3.63, 3.8) is 0 Å². The fourth-order valence-electron chi connectivity index (χ4n) is 3.82. The van der Waals surface area contributed by atoms with Crippen LogP contribution in [0.4, 0.5) is 0 Å². The van der Waals surface area contributed by atoms with Gasteiger partial charge >= 0.3 is 0 Å². The third kappa shape index (κ3) is 4.32. The number of thiophene rings is 1. The maximum absolute atomic E-state index is 13.2. The molecule has 0 spiro atoms. The molecule has 33 heavy (non-hydrogen) atoms. The smallest absolute Gasteiger partial charge is 0.200 e. The Morgan fingerprint density at radius 2 is 1.70 bits per heavy atom. The number of hydrogen-bond acceptors (Lipinski definition) is 6. The molecule has 2 heterocycles. The maximum Gasteiger partial charge on any atom is 0.200 e. The highest BCUT2D eigenvalue weighted by atomic mass is 32.1. The van der Waals surface area contributed by atoms with Gasteiger partial charge in [0.2, 0.25) is 0 Å². The van der Waals surface area contributed by atoms with E-state index in [-0.39, 0.29) is 35.4 Å². The van der Waals surface area contributed by atoms with Gasteiger partial charge in [-0.2, -0.15) is 0 Å². The van der Waals surface area contributed by atoms with Gasteiger partial charge < -0.3 is 14.5 Å². The van der Waals surface area contributed by atoms with Crippen LogP contribution >= 0.6 is 11.3 Å². The van der Waals surface area contributed by atoms with E-state index in [9.17, 15) is 14.4 Å². The molecule has 0 saturated carbocycles. The molecular weight excluding hydrogens is 438 g/mol. The lowest BCUT2D eigenvalue weighted by Gasteiger charge is -2.09. The number of nitrogens with one attached hydrogen (secondary N) is 1. The average molecular weight is 462 g/mol. The quantitative estimate of drug-likeness (QED) is 0.354. The van der Waals surface area contributed by atoms with E-state index in [0.29, 0.717) is 22.6 Å². The first-order valence-electron chi connectivity index (χ1n) is 10.4. The predicted molar refractivity (Wildman–Crippen MR) is 130 cm³/mol. The van der Waals surface area contributed by atoms with Gasteiger partial charge in [0, 0.05) is 57.4 Å². The zero-order valence-electron chi connectivity index (χ0n) is 18.6. The average Bonchev–Trinajstić information content (AvgIpc) is 3.27. The third-order valence-corrected chi connectivity index (χ3v) is 6.75. The van der Waals surface area contributed by atoms with Crippen LogP contribution < -0.4 is 14.9 Å². The topological polar surface area (TPSA) is 85.5 Å². The van der Waals surface area contributed by atoms with Crippen LogP contribution in [0, 0.1) is 6.92 Å². The Kier molecular flexibility index (Phi) is 6.42. The molecule has 0 aliphatic heterocycles. The largest absolute Gasteiger partial charge is 0.493 e. The molecule has 0 fully saturated rings. The van der Waals surface area contributed by atoms with Gasteiger partial charge in [-0.05, 0) is 30.7 Å². The molecule has 6 nitrogen and oxygen atoms in total. The highest BCUT2D eigenvalue weighted by Gasteiger charge is 2.19. The normalized spacial score (nSPS) is 10.9. The number of aromatic nitrogens is 1. The standard InChI is InChI=1S/C26H23NO5S/c1-15-5-4-6-17-20(14-33-26(15)17)18-12-27-13-19(25(18)30)22(29)9-8-21(28)16-7-10-23(31-2)24(11-16)32-3/h4-7,10-14H,8-9H2,1-3H3,(H,27,30). The zero-order valence-corrected chi connectivity index (χ0v) is 19.4. The summed E-state index contributed by atoms with van der Waals surface area (Å²) in [6, 6.07) is 10.8. The summed E-state index contributed by atoms with van der Waals surface area (Å²) in [7, 11) is 3.01. The van der Waals surface area contributed by atoms with E-state index < -0.39 is 0 Å². The molecule has 0 amide bonds. The van der Waals surface area contributed by atoms with Gasteiger partial charge in [0.15, 0.2) is 28.5 Å². The molecule has 2 aromatic carbocycles. The molecular formula is C26H23NO5S. The summed E-state index contributed by atoms with van der Waals surface area (Å²) in [5.41, 5.74) is 2.53. The number of fused-ring (bicyclic) bond motifs is 1. The minimum Gasteiger partial charge on any atom is -0.493 e. The lowest BCUT2D eigenvalue weighted by atomic mass is 9.99. The Morgan fingerprint density at radius 3 is 2.45 bits per heavy atom. The number of aromatic amines is 1. The molecule has 7 heteroatoms. The molecule has 4 aromatic rings. The zero-order chi connectivity index (χ0) is 23.5. The molecule has 0 aliphatic rings. The van der Waals surface area contributed by atoms with Crippen molar-refractivity contribution in [1.29, 1.82) is 0 Å². The maximum atomic E-state index is 13.2. The van der Waals surface area contributed by atoms with Gasteiger partial charge in [-0.15, -0.1) is 11.3 Å². The lowest BCUT2D eigenvalue weighted by molar-refractivity contribution is 0.0916. The molecule has 0 aliphatic carbocycles. The summed E-state index contributed by atoms with van der Waals surface area (Å²) < 4.78 is 11.5. The van der Waals surface area contributed by atoms with Crippen molar-refractivity contribution in [2.24, 2.45) is 0 Å². The van der Waals surface area contributed by atoms with Gasteiger partial charge in [0.1, 0.15) is 0 Å². The molecule has 4 rings (SSSR count). The Hall–Kier alpha value is -3.71. The first kappa shape index (κ1) is 22.5. The number of aryl methyl sites for hydroxylation is 1. The van der Waals surface area contributed by atoms with Crippen LogP contribution in [-0.4, -0.2) is 30.8 Å². The van der Waals surface area contributed by atoms with Crippen molar-refractivity contribution in [3.05, 3.63) is 81.1 Å². The number of carbonyl (C=O) groups is 2. The van der Waals surface area contributed by atoms with E-state index in [1.165, 1.54) is 20.4 Å². The Morgan fingerprint density at radius 1 is 0.939 bits per heavy atom. The van der Waals surface area contributed by atoms with E-state index in [1.807, 2.05) is 30.5 Å². The van der Waals surface area contributed by atoms with Crippen LogP contribution in [0.3, 0.4) is 0 Å². The highest BCUT2D eigenvalue weighted by Crippen LogP contribution is 2.34. The van der Waals surface area contributed by atoms with Crippen LogP contribution in [0.25, 0.3) is 21.2 Å². The Bertz CT molecular complexity index is 1420. The van der Waals surface area contributed by atoms with Crippen molar-refractivity contribution in [3.8, 4) is 22.6 Å². The minimum atomic E-state index is -0.373. The molecule has 2 aromatic heterocycles. The number of benzene rings is 2. The van der Waals surface area contributed by atoms with Gasteiger partial charge in [-0.3, -0.25) is 14.4 Å². The Labute approximate surface area is 194 Å². The van der Waals surface area contributed by atoms with E-state index in [0.717, 1.165) is 21.2 Å². The van der Waals surface area contributed by atoms with Gasteiger partial charge in [0.25, 0.3) is 0 Å². The number of ether oxygens (including phenoxy) is 2. The molecule has 0 unspecified atom stereocenters. The summed E-state index contributed by atoms with van der Waals surface area (Å²) in [5, 5.41) is 2.93. The van der Waals surface area contributed by atoms with Crippen molar-refractivity contribution >= 4 is 33.0 Å². The monoisotopic (exact) mass is 461 g/mol. The van der Waals surface area contributed by atoms with Gasteiger partial charge in [-0.25, -0.2) is 0 Å². The van der Waals surface area contributed by atoms with Crippen molar-refractivity contribution in [2.75, 3.05) is 14.2 Å². The number of ketones is 2. The number of pyridine rings is 1. The van der Waals surface area contributed by atoms with Crippen LogP contribution in [0.2, 0.25) is 0 Å². The third-order valence-electron chi connectivity index (χ3n) is 5.62. The van der Waals surface area contributed by atoms with Crippen LogP contribution in [0.5, 0.6) is 11.5 Å². The van der Waals surface area contributed by atoms with Crippen molar-refractivity contribution in [1.82, 2.24) is 4.98 Å². The molecule has 168 valence electrons.